The second kappa shape index (κ2) is 4.23. The summed E-state index contributed by atoms with van der Waals surface area (Å²) in [5.74, 6) is 0. The van der Waals surface area contributed by atoms with Crippen LogP contribution in [0.2, 0.25) is 0 Å². The van der Waals surface area contributed by atoms with Gasteiger partial charge in [-0.3, -0.25) is 9.89 Å². The van der Waals surface area contributed by atoms with Gasteiger partial charge in [-0.25, -0.2) is 4.68 Å². The standard InChI is InChI=1S/C13H14N2O/c1-3-7-12-10(2)14-15(13(12)16)11-8-5-4-6-9-11/h3-6,8-9,14H,1,7H2,2H3. The normalized spacial score (nSPS) is 10.3. The first-order valence-corrected chi connectivity index (χ1v) is 5.21. The smallest absolute Gasteiger partial charge is 0.274 e. The lowest BCUT2D eigenvalue weighted by Crippen LogP contribution is -2.16. The number of nitrogens with zero attached hydrogens (tertiary/aromatic N) is 1. The number of allylic oxidation sites excluding steroid dienone is 1. The van der Waals surface area contributed by atoms with Crippen molar-refractivity contribution < 1.29 is 0 Å². The Morgan fingerprint density at radius 1 is 1.38 bits per heavy atom. The SMILES string of the molecule is C=CCc1c(C)[nH]n(-c2ccccc2)c1=O. The van der Waals surface area contributed by atoms with E-state index in [0.29, 0.717) is 6.42 Å². The fourth-order valence-electron chi connectivity index (χ4n) is 1.72. The highest BCUT2D eigenvalue weighted by Crippen LogP contribution is 2.07. The van der Waals surface area contributed by atoms with Crippen molar-refractivity contribution >= 4 is 0 Å². The maximum atomic E-state index is 12.1. The molecule has 1 aromatic carbocycles. The number of hydrogen-bond donors (Lipinski definition) is 1. The minimum atomic E-state index is 0.00333. The predicted molar refractivity (Wildman–Crippen MR) is 65.0 cm³/mol. The third kappa shape index (κ3) is 1.72. The van der Waals surface area contributed by atoms with E-state index in [0.717, 1.165) is 16.9 Å². The van der Waals surface area contributed by atoms with Gasteiger partial charge in [-0.05, 0) is 25.5 Å². The highest BCUT2D eigenvalue weighted by atomic mass is 16.1. The topological polar surface area (TPSA) is 37.8 Å². The molecule has 0 unspecified atom stereocenters. The zero-order chi connectivity index (χ0) is 11.5. The van der Waals surface area contributed by atoms with Gasteiger partial charge in [-0.2, -0.15) is 0 Å². The molecule has 82 valence electrons. The number of benzene rings is 1. The van der Waals surface area contributed by atoms with Crippen LogP contribution in [-0.2, 0) is 6.42 Å². The highest BCUT2D eigenvalue weighted by molar-refractivity contribution is 5.33. The Kier molecular flexibility index (Phi) is 2.77. The molecule has 2 aromatic rings. The van der Waals surface area contributed by atoms with Gasteiger partial charge in [0.05, 0.1) is 5.69 Å². The summed E-state index contributed by atoms with van der Waals surface area (Å²) in [4.78, 5) is 12.1. The molecular formula is C13H14N2O. The third-order valence-electron chi connectivity index (χ3n) is 2.56. The number of H-pyrrole nitrogens is 1. The van der Waals surface area contributed by atoms with Gasteiger partial charge >= 0.3 is 0 Å². The molecule has 0 spiro atoms. The van der Waals surface area contributed by atoms with E-state index >= 15 is 0 Å². The Hall–Kier alpha value is -2.03. The molecule has 0 bridgehead atoms. The molecule has 0 aliphatic rings. The molecule has 0 amide bonds. The summed E-state index contributed by atoms with van der Waals surface area (Å²) >= 11 is 0. The maximum Gasteiger partial charge on any atom is 0.274 e. The molecule has 16 heavy (non-hydrogen) atoms. The molecule has 0 fully saturated rings. The molecule has 2 rings (SSSR count). The largest absolute Gasteiger partial charge is 0.295 e. The minimum Gasteiger partial charge on any atom is -0.295 e. The van der Waals surface area contributed by atoms with Crippen LogP contribution in [-0.4, -0.2) is 9.78 Å². The van der Waals surface area contributed by atoms with E-state index in [1.54, 1.807) is 10.8 Å². The summed E-state index contributed by atoms with van der Waals surface area (Å²) in [5, 5.41) is 3.07. The van der Waals surface area contributed by atoms with Crippen molar-refractivity contribution in [2.45, 2.75) is 13.3 Å². The molecule has 1 heterocycles. The van der Waals surface area contributed by atoms with Crippen LogP contribution in [0.15, 0.2) is 47.8 Å². The van der Waals surface area contributed by atoms with Gasteiger partial charge in [-0.1, -0.05) is 24.3 Å². The maximum absolute atomic E-state index is 12.1. The van der Waals surface area contributed by atoms with Crippen molar-refractivity contribution in [1.82, 2.24) is 9.78 Å². The average Bonchev–Trinajstić information content (AvgIpc) is 2.59. The molecule has 1 aromatic heterocycles. The van der Waals surface area contributed by atoms with Gasteiger partial charge in [0.2, 0.25) is 0 Å². The summed E-state index contributed by atoms with van der Waals surface area (Å²) in [6.07, 6.45) is 2.34. The summed E-state index contributed by atoms with van der Waals surface area (Å²) in [5.41, 5.74) is 2.53. The van der Waals surface area contributed by atoms with Crippen LogP contribution in [0.5, 0.6) is 0 Å². The van der Waals surface area contributed by atoms with E-state index in [1.165, 1.54) is 0 Å². The number of hydrogen-bond acceptors (Lipinski definition) is 1. The Labute approximate surface area is 94.0 Å². The van der Waals surface area contributed by atoms with Crippen molar-refractivity contribution in [2.75, 3.05) is 0 Å². The highest BCUT2D eigenvalue weighted by Gasteiger charge is 2.10. The van der Waals surface area contributed by atoms with Gasteiger partial charge in [-0.15, -0.1) is 6.58 Å². The second-order valence-electron chi connectivity index (χ2n) is 3.68. The first-order valence-electron chi connectivity index (χ1n) is 5.21. The quantitative estimate of drug-likeness (QED) is 0.781. The molecule has 0 radical (unpaired) electrons. The fourth-order valence-corrected chi connectivity index (χ4v) is 1.72. The Balaban J connectivity index is 2.56. The summed E-state index contributed by atoms with van der Waals surface area (Å²) in [6.45, 7) is 5.56. The molecule has 3 heteroatoms. The van der Waals surface area contributed by atoms with E-state index in [2.05, 4.69) is 11.7 Å². The predicted octanol–water partition coefficient (Wildman–Crippen LogP) is 2.20. The van der Waals surface area contributed by atoms with Crippen LogP contribution in [0.1, 0.15) is 11.3 Å². The number of nitrogens with one attached hydrogen (secondary N) is 1. The van der Waals surface area contributed by atoms with E-state index in [-0.39, 0.29) is 5.56 Å². The first kappa shape index (κ1) is 10.5. The first-order chi connectivity index (χ1) is 7.74. The van der Waals surface area contributed by atoms with Gasteiger partial charge in [0.1, 0.15) is 0 Å². The number of aromatic nitrogens is 2. The molecular weight excluding hydrogens is 200 g/mol. The van der Waals surface area contributed by atoms with Gasteiger partial charge in [0.25, 0.3) is 5.56 Å². The lowest BCUT2D eigenvalue weighted by Gasteiger charge is -1.99. The lowest BCUT2D eigenvalue weighted by atomic mass is 10.2. The number of para-hydroxylation sites is 1. The van der Waals surface area contributed by atoms with Crippen molar-refractivity contribution in [2.24, 2.45) is 0 Å². The van der Waals surface area contributed by atoms with E-state index in [4.69, 9.17) is 0 Å². The van der Waals surface area contributed by atoms with E-state index in [1.807, 2.05) is 37.3 Å². The van der Waals surface area contributed by atoms with Crippen LogP contribution in [0.4, 0.5) is 0 Å². The lowest BCUT2D eigenvalue weighted by molar-refractivity contribution is 0.835. The van der Waals surface area contributed by atoms with Crippen molar-refractivity contribution in [3.05, 3.63) is 64.6 Å². The fraction of sp³-hybridized carbons (Fsp3) is 0.154. The van der Waals surface area contributed by atoms with E-state index < -0.39 is 0 Å². The minimum absolute atomic E-state index is 0.00333. The van der Waals surface area contributed by atoms with Crippen molar-refractivity contribution in [3.63, 3.8) is 0 Å². The van der Waals surface area contributed by atoms with Gasteiger partial charge in [0, 0.05) is 11.3 Å². The number of rotatable bonds is 3. The monoisotopic (exact) mass is 214 g/mol. The Morgan fingerprint density at radius 3 is 2.69 bits per heavy atom. The summed E-state index contributed by atoms with van der Waals surface area (Å²) in [7, 11) is 0. The van der Waals surface area contributed by atoms with Gasteiger partial charge < -0.3 is 0 Å². The van der Waals surface area contributed by atoms with Crippen molar-refractivity contribution in [1.29, 1.82) is 0 Å². The Bertz CT molecular complexity index is 549. The molecule has 0 aliphatic heterocycles. The summed E-state index contributed by atoms with van der Waals surface area (Å²) < 4.78 is 1.56. The third-order valence-corrected chi connectivity index (χ3v) is 2.56. The molecule has 3 nitrogen and oxygen atoms in total. The Morgan fingerprint density at radius 2 is 2.06 bits per heavy atom. The zero-order valence-electron chi connectivity index (χ0n) is 9.23. The average molecular weight is 214 g/mol. The van der Waals surface area contributed by atoms with Crippen LogP contribution in [0.3, 0.4) is 0 Å². The van der Waals surface area contributed by atoms with Gasteiger partial charge in [0.15, 0.2) is 0 Å². The van der Waals surface area contributed by atoms with Crippen LogP contribution in [0, 0.1) is 6.92 Å². The van der Waals surface area contributed by atoms with E-state index in [9.17, 15) is 4.79 Å². The van der Waals surface area contributed by atoms with Crippen LogP contribution >= 0.6 is 0 Å². The van der Waals surface area contributed by atoms with Crippen LogP contribution < -0.4 is 5.56 Å². The molecule has 0 saturated carbocycles. The van der Waals surface area contributed by atoms with Crippen molar-refractivity contribution in [3.8, 4) is 5.69 Å². The van der Waals surface area contributed by atoms with Crippen LogP contribution in [0.25, 0.3) is 5.69 Å². The molecule has 1 N–H and O–H groups in total. The molecule has 0 atom stereocenters. The summed E-state index contributed by atoms with van der Waals surface area (Å²) in [6, 6.07) is 9.54. The zero-order valence-corrected chi connectivity index (χ0v) is 9.23. The number of aromatic amines is 1. The second-order valence-corrected chi connectivity index (χ2v) is 3.68. The molecule has 0 saturated heterocycles. The molecule has 0 aliphatic carbocycles. The number of aryl methyl sites for hydroxylation is 1.